The van der Waals surface area contributed by atoms with Gasteiger partial charge in [-0.05, 0) is 37.5 Å². The van der Waals surface area contributed by atoms with Gasteiger partial charge >= 0.3 is 0 Å². The third-order valence-corrected chi connectivity index (χ3v) is 2.41. The maximum atomic E-state index is 5.87. The van der Waals surface area contributed by atoms with Crippen LogP contribution in [0.3, 0.4) is 0 Å². The van der Waals surface area contributed by atoms with Crippen LogP contribution in [-0.4, -0.2) is 5.84 Å². The molecule has 1 aromatic carbocycles. The van der Waals surface area contributed by atoms with E-state index in [-0.39, 0.29) is 6.04 Å². The Balaban J connectivity index is 2.81. The molecule has 0 radical (unpaired) electrons. The molecule has 0 saturated carbocycles. The first-order valence-corrected chi connectivity index (χ1v) is 5.28. The molecular weight excluding hydrogens is 202 g/mol. The molecule has 4 heteroatoms. The van der Waals surface area contributed by atoms with Crippen molar-refractivity contribution in [1.29, 1.82) is 0 Å². The van der Waals surface area contributed by atoms with E-state index >= 15 is 0 Å². The van der Waals surface area contributed by atoms with Crippen LogP contribution in [0.15, 0.2) is 23.4 Å². The highest BCUT2D eigenvalue weighted by Gasteiger charge is 2.07. The Kier molecular flexibility index (Phi) is 4.31. The van der Waals surface area contributed by atoms with E-state index in [4.69, 9.17) is 16.3 Å². The van der Waals surface area contributed by atoms with Crippen molar-refractivity contribution >= 4 is 5.84 Å². The Morgan fingerprint density at radius 3 is 2.75 bits per heavy atom. The quantitative estimate of drug-likeness (QED) is 0.462. The molecule has 0 spiro atoms. The molecule has 1 unspecified atom stereocenters. The summed E-state index contributed by atoms with van der Waals surface area (Å²) in [6.45, 7) is 6.11. The molecular formula is C12H19N3O. The third-order valence-electron chi connectivity index (χ3n) is 2.41. The van der Waals surface area contributed by atoms with Crippen LogP contribution in [0, 0.1) is 6.92 Å². The van der Waals surface area contributed by atoms with Crippen molar-refractivity contribution in [3.05, 3.63) is 34.9 Å². The van der Waals surface area contributed by atoms with E-state index in [0.717, 1.165) is 16.7 Å². The number of hydrogen-bond donors (Lipinski definition) is 2. The molecule has 1 aromatic rings. The largest absolute Gasteiger partial charge is 0.390 e. The van der Waals surface area contributed by atoms with Crippen molar-refractivity contribution in [2.75, 3.05) is 0 Å². The van der Waals surface area contributed by atoms with Gasteiger partial charge in [-0.1, -0.05) is 23.4 Å². The SMILES string of the molecule is C/C(N)=N/OCc1cccc(C(C)N)c1C. The lowest BCUT2D eigenvalue weighted by atomic mass is 9.98. The highest BCUT2D eigenvalue weighted by atomic mass is 16.6. The van der Waals surface area contributed by atoms with E-state index in [9.17, 15) is 0 Å². The van der Waals surface area contributed by atoms with Gasteiger partial charge in [0.05, 0.1) is 0 Å². The minimum absolute atomic E-state index is 0.0275. The van der Waals surface area contributed by atoms with Crippen LogP contribution in [-0.2, 0) is 11.4 Å². The van der Waals surface area contributed by atoms with Gasteiger partial charge in [-0.15, -0.1) is 0 Å². The molecule has 0 aromatic heterocycles. The Bertz CT molecular complexity index is 382. The zero-order valence-electron chi connectivity index (χ0n) is 10.0. The van der Waals surface area contributed by atoms with Crippen LogP contribution in [0.5, 0.6) is 0 Å². The number of oxime groups is 1. The number of amidine groups is 1. The van der Waals surface area contributed by atoms with Gasteiger partial charge in [0.15, 0.2) is 0 Å². The number of nitrogens with two attached hydrogens (primary N) is 2. The molecule has 16 heavy (non-hydrogen) atoms. The zero-order valence-corrected chi connectivity index (χ0v) is 10.0. The Labute approximate surface area is 96.3 Å². The molecule has 4 N–H and O–H groups in total. The molecule has 0 aliphatic carbocycles. The first kappa shape index (κ1) is 12.5. The lowest BCUT2D eigenvalue weighted by Gasteiger charge is -2.13. The topological polar surface area (TPSA) is 73.6 Å². The van der Waals surface area contributed by atoms with Crippen molar-refractivity contribution in [3.8, 4) is 0 Å². The van der Waals surface area contributed by atoms with Crippen LogP contribution in [0.4, 0.5) is 0 Å². The van der Waals surface area contributed by atoms with Gasteiger partial charge in [0.1, 0.15) is 12.4 Å². The van der Waals surface area contributed by atoms with Crippen LogP contribution >= 0.6 is 0 Å². The highest BCUT2D eigenvalue weighted by molar-refractivity contribution is 5.76. The predicted octanol–water partition coefficient (Wildman–Crippen LogP) is 1.82. The molecule has 1 atom stereocenters. The summed E-state index contributed by atoms with van der Waals surface area (Å²) in [5.74, 6) is 0.418. The van der Waals surface area contributed by atoms with Crippen molar-refractivity contribution < 1.29 is 4.84 Å². The molecule has 0 heterocycles. The van der Waals surface area contributed by atoms with Gasteiger partial charge in [0.25, 0.3) is 0 Å². The number of hydrogen-bond acceptors (Lipinski definition) is 3. The second-order valence-electron chi connectivity index (χ2n) is 3.93. The third kappa shape index (κ3) is 3.24. The maximum absolute atomic E-state index is 5.87. The Morgan fingerprint density at radius 2 is 2.19 bits per heavy atom. The average Bonchev–Trinajstić information content (AvgIpc) is 2.19. The van der Waals surface area contributed by atoms with Gasteiger partial charge in [-0.2, -0.15) is 0 Å². The summed E-state index contributed by atoms with van der Waals surface area (Å²) in [5, 5.41) is 3.70. The molecule has 0 aliphatic heterocycles. The molecule has 0 aliphatic rings. The van der Waals surface area contributed by atoms with Gasteiger partial charge in [-0.25, -0.2) is 0 Å². The summed E-state index contributed by atoms with van der Waals surface area (Å²) < 4.78 is 0. The summed E-state index contributed by atoms with van der Waals surface area (Å²) in [6, 6.07) is 6.03. The van der Waals surface area contributed by atoms with E-state index < -0.39 is 0 Å². The predicted molar refractivity (Wildman–Crippen MR) is 65.9 cm³/mol. The van der Waals surface area contributed by atoms with E-state index in [1.54, 1.807) is 6.92 Å². The van der Waals surface area contributed by atoms with E-state index in [1.165, 1.54) is 0 Å². The number of benzene rings is 1. The first-order valence-electron chi connectivity index (χ1n) is 5.28. The zero-order chi connectivity index (χ0) is 12.1. The van der Waals surface area contributed by atoms with E-state index in [0.29, 0.717) is 12.4 Å². The number of rotatable bonds is 4. The fraction of sp³-hybridized carbons (Fsp3) is 0.417. The van der Waals surface area contributed by atoms with Crippen molar-refractivity contribution in [2.45, 2.75) is 33.4 Å². The van der Waals surface area contributed by atoms with Crippen molar-refractivity contribution in [2.24, 2.45) is 16.6 Å². The summed E-state index contributed by atoms with van der Waals surface area (Å²) in [4.78, 5) is 5.12. The molecule has 4 nitrogen and oxygen atoms in total. The second kappa shape index (κ2) is 5.51. The molecule has 0 bridgehead atoms. The highest BCUT2D eigenvalue weighted by Crippen LogP contribution is 2.19. The lowest BCUT2D eigenvalue weighted by molar-refractivity contribution is 0.129. The Morgan fingerprint density at radius 1 is 1.50 bits per heavy atom. The molecule has 0 saturated heterocycles. The first-order chi connectivity index (χ1) is 7.52. The molecule has 0 fully saturated rings. The van der Waals surface area contributed by atoms with Crippen LogP contribution in [0.1, 0.15) is 36.6 Å². The monoisotopic (exact) mass is 221 g/mol. The maximum Gasteiger partial charge on any atom is 0.142 e. The number of nitrogens with zero attached hydrogens (tertiary/aromatic N) is 1. The van der Waals surface area contributed by atoms with Crippen LogP contribution in [0.25, 0.3) is 0 Å². The van der Waals surface area contributed by atoms with Gasteiger partial charge in [-0.3, -0.25) is 0 Å². The summed E-state index contributed by atoms with van der Waals surface area (Å²) in [5.41, 5.74) is 14.6. The van der Waals surface area contributed by atoms with Crippen molar-refractivity contribution in [3.63, 3.8) is 0 Å². The average molecular weight is 221 g/mol. The Hall–Kier alpha value is -1.55. The van der Waals surface area contributed by atoms with Gasteiger partial charge in [0.2, 0.25) is 0 Å². The lowest BCUT2D eigenvalue weighted by Crippen LogP contribution is -2.09. The smallest absolute Gasteiger partial charge is 0.142 e. The normalized spacial score (nSPS) is 13.6. The van der Waals surface area contributed by atoms with Crippen LogP contribution < -0.4 is 11.5 Å². The van der Waals surface area contributed by atoms with Gasteiger partial charge in [0, 0.05) is 6.04 Å². The minimum atomic E-state index is 0.0275. The summed E-state index contributed by atoms with van der Waals surface area (Å²) in [7, 11) is 0. The second-order valence-corrected chi connectivity index (χ2v) is 3.93. The molecule has 1 rings (SSSR count). The molecule has 88 valence electrons. The fourth-order valence-corrected chi connectivity index (χ4v) is 1.56. The molecule has 0 amide bonds. The minimum Gasteiger partial charge on any atom is -0.390 e. The van der Waals surface area contributed by atoms with E-state index in [1.807, 2.05) is 32.0 Å². The standard InChI is InChI=1S/C12H19N3O/c1-8-11(7-16-15-10(3)14)5-4-6-12(8)9(2)13/h4-6,9H,7,13H2,1-3H3,(H2,14,15). The van der Waals surface area contributed by atoms with Crippen LogP contribution in [0.2, 0.25) is 0 Å². The van der Waals surface area contributed by atoms with Crippen molar-refractivity contribution in [1.82, 2.24) is 0 Å². The summed E-state index contributed by atoms with van der Waals surface area (Å²) >= 11 is 0. The summed E-state index contributed by atoms with van der Waals surface area (Å²) in [6.07, 6.45) is 0. The van der Waals surface area contributed by atoms with E-state index in [2.05, 4.69) is 5.16 Å². The fourth-order valence-electron chi connectivity index (χ4n) is 1.56. The van der Waals surface area contributed by atoms with Gasteiger partial charge < -0.3 is 16.3 Å².